The molecule has 0 atom stereocenters. The summed E-state index contributed by atoms with van der Waals surface area (Å²) in [6.07, 6.45) is 0. The first-order chi connectivity index (χ1) is 26.8. The van der Waals surface area contributed by atoms with Gasteiger partial charge in [0.1, 0.15) is 11.2 Å². The smallest absolute Gasteiger partial charge is 0.164 e. The van der Waals surface area contributed by atoms with Gasteiger partial charge in [-0.2, -0.15) is 0 Å². The largest absolute Gasteiger partial charge is 0.456 e. The van der Waals surface area contributed by atoms with Crippen LogP contribution in [-0.2, 0) is 0 Å². The average molecular weight is 646 g/mol. The lowest BCUT2D eigenvalue weighted by Crippen LogP contribution is -2.00. The van der Waals surface area contributed by atoms with Crippen LogP contribution in [0, 0.1) is 0 Å². The van der Waals surface area contributed by atoms with Crippen molar-refractivity contribution in [1.82, 2.24) is 19.5 Å². The van der Waals surface area contributed by atoms with Gasteiger partial charge in [0.2, 0.25) is 0 Å². The third kappa shape index (κ3) is 4.67. The fourth-order valence-corrected chi connectivity index (χ4v) is 6.66. The van der Waals surface area contributed by atoms with Crippen molar-refractivity contribution < 1.29 is 11.3 Å². The van der Waals surface area contributed by atoms with Crippen molar-refractivity contribution >= 4 is 43.7 Å². The predicted molar refractivity (Wildman–Crippen MR) is 203 cm³/mol. The Labute approximate surface area is 294 Å². The quantitative estimate of drug-likeness (QED) is 0.187. The first kappa shape index (κ1) is 23.5. The van der Waals surface area contributed by atoms with Crippen LogP contribution in [0.2, 0.25) is 0 Å². The molecule has 3 aromatic heterocycles. The number of hydrogen-bond donors (Lipinski definition) is 0. The van der Waals surface area contributed by atoms with Crippen molar-refractivity contribution in [3.63, 3.8) is 0 Å². The Hall–Kier alpha value is -6.85. The van der Waals surface area contributed by atoms with E-state index < -0.39 is 0 Å². The lowest BCUT2D eigenvalue weighted by molar-refractivity contribution is 0.669. The van der Waals surface area contributed by atoms with Gasteiger partial charge in [-0.15, -0.1) is 0 Å². The molecule has 0 radical (unpaired) electrons. The van der Waals surface area contributed by atoms with E-state index in [1.165, 1.54) is 6.07 Å². The van der Waals surface area contributed by atoms with Crippen LogP contribution < -0.4 is 0 Å². The molecule has 234 valence electrons. The van der Waals surface area contributed by atoms with Gasteiger partial charge in [-0.3, -0.25) is 0 Å². The minimum absolute atomic E-state index is 0.109. The van der Waals surface area contributed by atoms with Gasteiger partial charge in [0.05, 0.1) is 17.9 Å². The third-order valence-corrected chi connectivity index (χ3v) is 9.04. The molecule has 0 aliphatic rings. The number of hydrogen-bond acceptors (Lipinski definition) is 4. The van der Waals surface area contributed by atoms with E-state index in [2.05, 4.69) is 0 Å². The molecule has 10 rings (SSSR count). The Bertz CT molecular complexity index is 3160. The lowest BCUT2D eigenvalue weighted by atomic mass is 10.0. The number of aromatic nitrogens is 4. The molecule has 0 aliphatic heterocycles. The summed E-state index contributed by atoms with van der Waals surface area (Å²) in [5.74, 6) is 1.43. The van der Waals surface area contributed by atoms with E-state index in [0.717, 1.165) is 33.1 Å². The van der Waals surface area contributed by atoms with E-state index in [4.69, 9.17) is 23.5 Å². The number of fused-ring (bicyclic) bond motifs is 6. The molecule has 0 N–H and O–H groups in total. The maximum atomic E-state index is 9.58. The fraction of sp³-hybridized carbons (Fsp3) is 0. The van der Waals surface area contributed by atoms with Gasteiger partial charge in [0.15, 0.2) is 17.5 Å². The minimum Gasteiger partial charge on any atom is -0.456 e. The van der Waals surface area contributed by atoms with Crippen molar-refractivity contribution in [1.29, 1.82) is 0 Å². The molecule has 5 nitrogen and oxygen atoms in total. The second-order valence-corrected chi connectivity index (χ2v) is 12.1. The van der Waals surface area contributed by atoms with Crippen LogP contribution >= 0.6 is 0 Å². The maximum Gasteiger partial charge on any atom is 0.164 e. The van der Waals surface area contributed by atoms with Crippen LogP contribution in [0.1, 0.15) is 6.85 Å². The second kappa shape index (κ2) is 11.4. The average Bonchev–Trinajstić information content (AvgIpc) is 3.78. The molecule has 0 fully saturated rings. The molecule has 7 aromatic carbocycles. The molecule has 0 saturated heterocycles. The first-order valence-electron chi connectivity index (χ1n) is 18.8. The third-order valence-electron chi connectivity index (χ3n) is 9.04. The summed E-state index contributed by atoms with van der Waals surface area (Å²) in [4.78, 5) is 14.8. The molecule has 0 saturated carbocycles. The summed E-state index contributed by atoms with van der Waals surface area (Å²) < 4.78 is 52.7. The highest BCUT2D eigenvalue weighted by Gasteiger charge is 2.16. The second-order valence-electron chi connectivity index (χ2n) is 12.1. The van der Waals surface area contributed by atoms with Crippen molar-refractivity contribution in [2.24, 2.45) is 0 Å². The van der Waals surface area contributed by atoms with Gasteiger partial charge in [0, 0.05) is 43.9 Å². The number of furan rings is 1. The highest BCUT2D eigenvalue weighted by molar-refractivity contribution is 6.10. The summed E-state index contributed by atoms with van der Waals surface area (Å²) >= 11 is 0. The van der Waals surface area contributed by atoms with Gasteiger partial charge >= 0.3 is 0 Å². The maximum absolute atomic E-state index is 9.58. The standard InChI is InChI=1S/C45H28N4O/c1-3-12-29(13-4-1)43-46-44(48-45(47-43)33-22-24-37-36-19-8-10-21-41(36)50-42(37)28-33)32-15-11-14-30(26-32)31-23-25-40-38(27-31)35-18-7-9-20-39(35)49(40)34-16-5-2-6-17-34/h1-28H/i7D,9D,20D,25D,27D. The zero-order valence-corrected chi connectivity index (χ0v) is 26.5. The Kier molecular flexibility index (Phi) is 5.35. The monoisotopic (exact) mass is 645 g/mol. The molecular weight excluding hydrogens is 613 g/mol. The number of para-hydroxylation sites is 3. The fourth-order valence-electron chi connectivity index (χ4n) is 6.66. The SMILES string of the molecule is [2H]c1cc2c3c([2H])c(-c4cccc(-c5nc(-c6ccccc6)nc(-c6ccc7c(c6)oc6ccccc67)n5)c4)cc([2H])c3n(-c3ccccc3)c2c([2H])c1[2H]. The van der Waals surface area contributed by atoms with Crippen LogP contribution in [0.15, 0.2) is 174 Å². The molecule has 5 heteroatoms. The van der Waals surface area contributed by atoms with Crippen molar-refractivity contribution in [2.45, 2.75) is 0 Å². The molecule has 10 aromatic rings. The van der Waals surface area contributed by atoms with Gasteiger partial charge in [-0.05, 0) is 65.7 Å². The molecule has 0 spiro atoms. The van der Waals surface area contributed by atoms with E-state index in [1.54, 1.807) is 10.6 Å². The lowest BCUT2D eigenvalue weighted by Gasteiger charge is -2.10. The van der Waals surface area contributed by atoms with Crippen molar-refractivity contribution in [2.75, 3.05) is 0 Å². The summed E-state index contributed by atoms with van der Waals surface area (Å²) in [7, 11) is 0. The Morgan fingerprint density at radius 2 is 1.10 bits per heavy atom. The highest BCUT2D eigenvalue weighted by atomic mass is 16.3. The summed E-state index contributed by atoms with van der Waals surface area (Å²) in [5.41, 5.74) is 6.57. The van der Waals surface area contributed by atoms with Gasteiger partial charge in [-0.25, -0.2) is 15.0 Å². The molecule has 0 unspecified atom stereocenters. The number of nitrogens with zero attached hydrogens (tertiary/aromatic N) is 4. The normalized spacial score (nSPS) is 13.0. The first-order valence-corrected chi connectivity index (χ1v) is 16.3. The van der Waals surface area contributed by atoms with Crippen molar-refractivity contribution in [3.05, 3.63) is 170 Å². The van der Waals surface area contributed by atoms with E-state index in [-0.39, 0.29) is 30.2 Å². The molecule has 0 bridgehead atoms. The van der Waals surface area contributed by atoms with Gasteiger partial charge in [-0.1, -0.05) is 115 Å². The van der Waals surface area contributed by atoms with Crippen LogP contribution in [0.4, 0.5) is 0 Å². The zero-order valence-electron chi connectivity index (χ0n) is 31.5. The Balaban J connectivity index is 1.16. The summed E-state index contributed by atoms with van der Waals surface area (Å²) in [6.45, 7) is 0. The van der Waals surface area contributed by atoms with E-state index in [9.17, 15) is 2.74 Å². The van der Waals surface area contributed by atoms with Gasteiger partial charge < -0.3 is 8.98 Å². The van der Waals surface area contributed by atoms with E-state index in [0.29, 0.717) is 61.7 Å². The molecular formula is C45H28N4O. The molecule has 0 aliphatic carbocycles. The highest BCUT2D eigenvalue weighted by Crippen LogP contribution is 2.36. The van der Waals surface area contributed by atoms with E-state index in [1.807, 2.05) is 127 Å². The minimum atomic E-state index is -0.206. The zero-order chi connectivity index (χ0) is 37.4. The summed E-state index contributed by atoms with van der Waals surface area (Å²) in [6, 6.07) is 43.7. The van der Waals surface area contributed by atoms with E-state index >= 15 is 0 Å². The Morgan fingerprint density at radius 1 is 0.440 bits per heavy atom. The van der Waals surface area contributed by atoms with Gasteiger partial charge in [0.25, 0.3) is 0 Å². The van der Waals surface area contributed by atoms with Crippen LogP contribution in [0.3, 0.4) is 0 Å². The molecule has 3 heterocycles. The number of benzene rings is 7. The predicted octanol–water partition coefficient (Wildman–Crippen LogP) is 11.5. The molecule has 0 amide bonds. The summed E-state index contributed by atoms with van der Waals surface area (Å²) in [5, 5.41) is 2.98. The van der Waals surface area contributed by atoms with Crippen LogP contribution in [0.5, 0.6) is 0 Å². The van der Waals surface area contributed by atoms with Crippen LogP contribution in [-0.4, -0.2) is 19.5 Å². The Morgan fingerprint density at radius 3 is 1.94 bits per heavy atom. The van der Waals surface area contributed by atoms with Crippen LogP contribution in [0.25, 0.3) is 94.7 Å². The van der Waals surface area contributed by atoms with Crippen molar-refractivity contribution in [3.8, 4) is 51.0 Å². The molecule has 50 heavy (non-hydrogen) atoms. The number of rotatable bonds is 5. The topological polar surface area (TPSA) is 56.7 Å².